The minimum Gasteiger partial charge on any atom is -0.490 e. The number of nitrogens with zero attached hydrogens (tertiary/aromatic N) is 2. The maximum atomic E-state index is 12.9. The second-order valence-corrected chi connectivity index (χ2v) is 8.70. The predicted octanol–water partition coefficient (Wildman–Crippen LogP) is 4.52. The van der Waals surface area contributed by atoms with Crippen LogP contribution < -0.4 is 20.3 Å². The number of para-hydroxylation sites is 1. The van der Waals surface area contributed by atoms with E-state index in [1.54, 1.807) is 28.8 Å². The Morgan fingerprint density at radius 2 is 1.94 bits per heavy atom. The first-order valence-corrected chi connectivity index (χ1v) is 11.3. The Morgan fingerprint density at radius 3 is 2.68 bits per heavy atom. The molecule has 4 rings (SSSR count). The molecule has 1 aliphatic rings. The molecule has 0 unspecified atom stereocenters. The monoisotopic (exact) mass is 459 g/mol. The van der Waals surface area contributed by atoms with E-state index in [2.05, 4.69) is 10.3 Å². The van der Waals surface area contributed by atoms with Gasteiger partial charge < -0.3 is 14.8 Å². The van der Waals surface area contributed by atoms with Crippen LogP contribution in [0.5, 0.6) is 11.5 Å². The van der Waals surface area contributed by atoms with Crippen molar-refractivity contribution in [1.82, 2.24) is 9.55 Å². The number of hydrogen-bond acceptors (Lipinski definition) is 6. The zero-order valence-corrected chi connectivity index (χ0v) is 18.8. The van der Waals surface area contributed by atoms with Crippen molar-refractivity contribution < 1.29 is 14.3 Å². The lowest BCUT2D eigenvalue weighted by molar-refractivity contribution is -0.113. The van der Waals surface area contributed by atoms with Crippen LogP contribution in [0.2, 0.25) is 5.02 Å². The number of benzene rings is 2. The van der Waals surface area contributed by atoms with Gasteiger partial charge in [-0.15, -0.1) is 0 Å². The van der Waals surface area contributed by atoms with E-state index in [9.17, 15) is 9.59 Å². The van der Waals surface area contributed by atoms with E-state index >= 15 is 0 Å². The summed E-state index contributed by atoms with van der Waals surface area (Å²) in [6, 6.07) is 10.4. The first-order valence-electron chi connectivity index (χ1n) is 9.97. The molecular weight excluding hydrogens is 438 g/mol. The normalized spacial score (nSPS) is 13.3. The molecule has 2 heterocycles. The molecule has 0 bridgehead atoms. The second-order valence-electron chi connectivity index (χ2n) is 7.35. The second kappa shape index (κ2) is 9.20. The largest absolute Gasteiger partial charge is 0.490 e. The molecule has 1 aliphatic heterocycles. The summed E-state index contributed by atoms with van der Waals surface area (Å²) in [5.41, 5.74) is 0.942. The number of rotatable bonds is 5. The Bertz CT molecular complexity index is 1200. The lowest BCUT2D eigenvalue weighted by Gasteiger charge is -2.16. The van der Waals surface area contributed by atoms with Gasteiger partial charge in [0.05, 0.1) is 40.6 Å². The fourth-order valence-corrected chi connectivity index (χ4v) is 4.41. The average molecular weight is 460 g/mol. The third-order valence-electron chi connectivity index (χ3n) is 4.74. The van der Waals surface area contributed by atoms with Crippen molar-refractivity contribution in [2.45, 2.75) is 31.5 Å². The number of aromatic nitrogens is 2. The maximum absolute atomic E-state index is 12.9. The minimum atomic E-state index is -0.265. The number of carbonyl (C=O) groups is 1. The first-order chi connectivity index (χ1) is 14.9. The Hall–Kier alpha value is -2.71. The van der Waals surface area contributed by atoms with Gasteiger partial charge in [0.1, 0.15) is 0 Å². The Morgan fingerprint density at radius 1 is 1.23 bits per heavy atom. The average Bonchev–Trinajstić information content (AvgIpc) is 2.97. The Balaban J connectivity index is 1.53. The van der Waals surface area contributed by atoms with Crippen LogP contribution in [0.3, 0.4) is 0 Å². The molecule has 0 saturated heterocycles. The van der Waals surface area contributed by atoms with Crippen molar-refractivity contribution in [3.63, 3.8) is 0 Å². The van der Waals surface area contributed by atoms with E-state index in [0.29, 0.717) is 51.5 Å². The number of fused-ring (bicyclic) bond motifs is 2. The van der Waals surface area contributed by atoms with Crippen LogP contribution in [0.1, 0.15) is 26.3 Å². The van der Waals surface area contributed by atoms with E-state index in [1.165, 1.54) is 11.8 Å². The van der Waals surface area contributed by atoms with Crippen LogP contribution in [0.15, 0.2) is 46.3 Å². The Labute approximate surface area is 188 Å². The quantitative estimate of drug-likeness (QED) is 0.446. The summed E-state index contributed by atoms with van der Waals surface area (Å²) in [7, 11) is 0. The standard InChI is InChI=1S/C22H22ClN3O4S/c1-13(2)26-21(28)14-6-3-4-7-16(14)25-22(26)31-12-20(27)24-17-11-19-18(10-15(17)23)29-8-5-9-30-19/h3-4,6-7,10-11,13H,5,8-9,12H2,1-2H3,(H,24,27). The highest BCUT2D eigenvalue weighted by molar-refractivity contribution is 7.99. The Kier molecular flexibility index (Phi) is 6.38. The summed E-state index contributed by atoms with van der Waals surface area (Å²) in [5.74, 6) is 0.924. The molecule has 0 atom stereocenters. The van der Waals surface area contributed by atoms with Gasteiger partial charge in [0.15, 0.2) is 16.7 Å². The van der Waals surface area contributed by atoms with Gasteiger partial charge >= 0.3 is 0 Å². The smallest absolute Gasteiger partial charge is 0.262 e. The number of amides is 1. The van der Waals surface area contributed by atoms with Crippen molar-refractivity contribution in [2.24, 2.45) is 0 Å². The zero-order chi connectivity index (χ0) is 22.0. The summed E-state index contributed by atoms with van der Waals surface area (Å²) < 4.78 is 12.9. The van der Waals surface area contributed by atoms with Gasteiger partial charge in [0.2, 0.25) is 5.91 Å². The molecule has 1 amide bonds. The van der Waals surface area contributed by atoms with Crippen LogP contribution in [0.25, 0.3) is 10.9 Å². The third-order valence-corrected chi connectivity index (χ3v) is 6.00. The fourth-order valence-electron chi connectivity index (χ4n) is 3.28. The lowest BCUT2D eigenvalue weighted by Crippen LogP contribution is -2.25. The number of hydrogen-bond donors (Lipinski definition) is 1. The highest BCUT2D eigenvalue weighted by Crippen LogP contribution is 2.37. The van der Waals surface area contributed by atoms with E-state index in [1.807, 2.05) is 26.0 Å². The number of anilines is 1. The van der Waals surface area contributed by atoms with E-state index in [4.69, 9.17) is 21.1 Å². The number of ether oxygens (including phenoxy) is 2. The summed E-state index contributed by atoms with van der Waals surface area (Å²) in [5, 5.41) is 4.23. The molecule has 3 aromatic rings. The SMILES string of the molecule is CC(C)n1c(SCC(=O)Nc2cc3c(cc2Cl)OCCCO3)nc2ccccc2c1=O. The summed E-state index contributed by atoms with van der Waals surface area (Å²) in [4.78, 5) is 30.1. The third kappa shape index (κ3) is 4.65. The topological polar surface area (TPSA) is 82.5 Å². The van der Waals surface area contributed by atoms with Crippen molar-refractivity contribution in [2.75, 3.05) is 24.3 Å². The van der Waals surface area contributed by atoms with Gasteiger partial charge in [-0.2, -0.15) is 0 Å². The highest BCUT2D eigenvalue weighted by atomic mass is 35.5. The molecule has 2 aromatic carbocycles. The van der Waals surface area contributed by atoms with Gasteiger partial charge in [0, 0.05) is 24.6 Å². The molecule has 0 radical (unpaired) electrons. The molecule has 1 N–H and O–H groups in total. The lowest BCUT2D eigenvalue weighted by atomic mass is 10.2. The molecule has 0 fully saturated rings. The van der Waals surface area contributed by atoms with Crippen molar-refractivity contribution in [3.05, 3.63) is 51.8 Å². The molecule has 31 heavy (non-hydrogen) atoms. The van der Waals surface area contributed by atoms with Gasteiger partial charge in [-0.25, -0.2) is 4.98 Å². The van der Waals surface area contributed by atoms with Crippen LogP contribution >= 0.6 is 23.4 Å². The number of thioether (sulfide) groups is 1. The van der Waals surface area contributed by atoms with Gasteiger partial charge in [0.25, 0.3) is 5.56 Å². The fraction of sp³-hybridized carbons (Fsp3) is 0.318. The molecule has 0 aliphatic carbocycles. The van der Waals surface area contributed by atoms with Gasteiger partial charge in [-0.1, -0.05) is 35.5 Å². The van der Waals surface area contributed by atoms with Crippen LogP contribution in [-0.4, -0.2) is 34.4 Å². The van der Waals surface area contributed by atoms with Crippen LogP contribution in [0, 0.1) is 0 Å². The summed E-state index contributed by atoms with van der Waals surface area (Å²) >= 11 is 7.52. The van der Waals surface area contributed by atoms with Crippen molar-refractivity contribution in [1.29, 1.82) is 0 Å². The molecule has 0 spiro atoms. The number of nitrogens with one attached hydrogen (secondary N) is 1. The highest BCUT2D eigenvalue weighted by Gasteiger charge is 2.18. The molecule has 1 aromatic heterocycles. The molecular formula is C22H22ClN3O4S. The summed E-state index contributed by atoms with van der Waals surface area (Å²) in [6.07, 6.45) is 0.779. The van der Waals surface area contributed by atoms with E-state index in [-0.39, 0.29) is 23.3 Å². The van der Waals surface area contributed by atoms with Crippen LogP contribution in [0.4, 0.5) is 5.69 Å². The first kappa shape index (κ1) is 21.5. The van der Waals surface area contributed by atoms with E-state index < -0.39 is 0 Å². The van der Waals surface area contributed by atoms with Crippen molar-refractivity contribution in [3.8, 4) is 11.5 Å². The molecule has 7 nitrogen and oxygen atoms in total. The van der Waals surface area contributed by atoms with Gasteiger partial charge in [-0.3, -0.25) is 14.2 Å². The summed E-state index contributed by atoms with van der Waals surface area (Å²) in [6.45, 7) is 4.93. The predicted molar refractivity (Wildman–Crippen MR) is 123 cm³/mol. The number of carbonyl (C=O) groups excluding carboxylic acids is 1. The number of halogens is 1. The zero-order valence-electron chi connectivity index (χ0n) is 17.2. The molecule has 9 heteroatoms. The van der Waals surface area contributed by atoms with Gasteiger partial charge in [-0.05, 0) is 26.0 Å². The molecule has 0 saturated carbocycles. The van der Waals surface area contributed by atoms with Crippen LogP contribution in [-0.2, 0) is 4.79 Å². The molecule has 162 valence electrons. The van der Waals surface area contributed by atoms with E-state index in [0.717, 1.165) is 6.42 Å². The maximum Gasteiger partial charge on any atom is 0.262 e. The minimum absolute atomic E-state index is 0.0717. The van der Waals surface area contributed by atoms with Crippen molar-refractivity contribution >= 4 is 45.9 Å².